The van der Waals surface area contributed by atoms with Crippen LogP contribution >= 0.6 is 0 Å². The molecule has 0 aromatic rings. The van der Waals surface area contributed by atoms with E-state index in [0.29, 0.717) is 0 Å². The first kappa shape index (κ1) is 21.7. The van der Waals surface area contributed by atoms with Gasteiger partial charge < -0.3 is 19.8 Å². The molecule has 0 aromatic carbocycles. The van der Waals surface area contributed by atoms with Gasteiger partial charge in [0.2, 0.25) is 0 Å². The lowest BCUT2D eigenvalue weighted by atomic mass is 10.0. The number of hydrogen-bond donors (Lipinski definition) is 0. The van der Waals surface area contributed by atoms with E-state index in [1.54, 1.807) is 6.08 Å². The van der Waals surface area contributed by atoms with E-state index >= 15 is 0 Å². The molecule has 0 bridgehead atoms. The molecule has 0 aliphatic carbocycles. The number of carboxylic acid groups (broad SMARTS) is 2. The van der Waals surface area contributed by atoms with E-state index in [1.165, 1.54) is 63.9 Å². The standard InChI is InChI=1S/C19H34O4/c1-2-3-4-5-6-7-8-9-10-11-12-13-14-15-17(19(22)23)16-18(20)21/h14-15,17H,2-13,16H2,1H3,(H,20,21)(H,22,23)/p-2/b15-14+. The van der Waals surface area contributed by atoms with Crippen LogP contribution in [0.5, 0.6) is 0 Å². The van der Waals surface area contributed by atoms with Crippen molar-refractivity contribution in [3.8, 4) is 0 Å². The zero-order valence-electron chi connectivity index (χ0n) is 14.6. The maximum absolute atomic E-state index is 10.7. The third-order valence-electron chi connectivity index (χ3n) is 4.03. The molecule has 4 nitrogen and oxygen atoms in total. The largest absolute Gasteiger partial charge is 0.550 e. The van der Waals surface area contributed by atoms with E-state index in [1.807, 2.05) is 0 Å². The number of hydrogen-bond acceptors (Lipinski definition) is 4. The Hall–Kier alpha value is -1.32. The Balaban J connectivity index is 3.45. The van der Waals surface area contributed by atoms with Crippen LogP contribution in [0.3, 0.4) is 0 Å². The molecule has 0 aliphatic rings. The summed E-state index contributed by atoms with van der Waals surface area (Å²) in [6.07, 6.45) is 17.4. The van der Waals surface area contributed by atoms with Crippen LogP contribution in [0.1, 0.15) is 90.4 Å². The Kier molecular flexibility index (Phi) is 14.7. The summed E-state index contributed by atoms with van der Waals surface area (Å²) < 4.78 is 0. The van der Waals surface area contributed by atoms with E-state index < -0.39 is 24.3 Å². The highest BCUT2D eigenvalue weighted by Crippen LogP contribution is 2.12. The predicted octanol–water partition coefficient (Wildman–Crippen LogP) is 2.75. The molecule has 0 N–H and O–H groups in total. The summed E-state index contributed by atoms with van der Waals surface area (Å²) in [6, 6.07) is 0. The minimum absolute atomic E-state index is 0.517. The van der Waals surface area contributed by atoms with Crippen LogP contribution in [-0.4, -0.2) is 11.9 Å². The molecule has 0 heterocycles. The smallest absolute Gasteiger partial charge is 0.0486 e. The maximum Gasteiger partial charge on any atom is 0.0486 e. The van der Waals surface area contributed by atoms with Crippen molar-refractivity contribution in [1.82, 2.24) is 0 Å². The predicted molar refractivity (Wildman–Crippen MR) is 88.3 cm³/mol. The number of aliphatic carboxylic acids is 2. The van der Waals surface area contributed by atoms with Crippen LogP contribution in [0.25, 0.3) is 0 Å². The second kappa shape index (κ2) is 15.6. The third-order valence-corrected chi connectivity index (χ3v) is 4.03. The van der Waals surface area contributed by atoms with E-state index in [-0.39, 0.29) is 0 Å². The van der Waals surface area contributed by atoms with Crippen molar-refractivity contribution in [2.75, 3.05) is 0 Å². The fourth-order valence-corrected chi connectivity index (χ4v) is 2.60. The van der Waals surface area contributed by atoms with Gasteiger partial charge in [0.25, 0.3) is 0 Å². The number of carbonyl (C=O) groups excluding carboxylic acids is 2. The van der Waals surface area contributed by atoms with Crippen LogP contribution in [0.2, 0.25) is 0 Å². The Morgan fingerprint density at radius 1 is 0.826 bits per heavy atom. The zero-order valence-corrected chi connectivity index (χ0v) is 14.6. The van der Waals surface area contributed by atoms with E-state index in [9.17, 15) is 19.8 Å². The van der Waals surface area contributed by atoms with Gasteiger partial charge in [0.15, 0.2) is 0 Å². The summed E-state index contributed by atoms with van der Waals surface area (Å²) in [4.78, 5) is 21.1. The number of carbonyl (C=O) groups is 2. The van der Waals surface area contributed by atoms with Crippen LogP contribution in [0, 0.1) is 5.92 Å². The molecule has 0 fully saturated rings. The van der Waals surface area contributed by atoms with Crippen molar-refractivity contribution >= 4 is 11.9 Å². The Bertz CT molecular complexity index is 336. The van der Waals surface area contributed by atoms with Gasteiger partial charge in [0.05, 0.1) is 0 Å². The third kappa shape index (κ3) is 15.4. The highest BCUT2D eigenvalue weighted by Gasteiger charge is 2.05. The second-order valence-electron chi connectivity index (χ2n) is 6.25. The lowest BCUT2D eigenvalue weighted by molar-refractivity contribution is -0.318. The van der Waals surface area contributed by atoms with Crippen molar-refractivity contribution in [1.29, 1.82) is 0 Å². The van der Waals surface area contributed by atoms with Gasteiger partial charge >= 0.3 is 0 Å². The van der Waals surface area contributed by atoms with Gasteiger partial charge in [-0.2, -0.15) is 0 Å². The molecule has 134 valence electrons. The quantitative estimate of drug-likeness (QED) is 0.323. The lowest BCUT2D eigenvalue weighted by Crippen LogP contribution is -2.35. The van der Waals surface area contributed by atoms with E-state index in [4.69, 9.17) is 0 Å². The van der Waals surface area contributed by atoms with E-state index in [2.05, 4.69) is 6.92 Å². The average Bonchev–Trinajstić information content (AvgIpc) is 2.50. The summed E-state index contributed by atoms with van der Waals surface area (Å²) in [6.45, 7) is 2.23. The molecule has 0 rings (SSSR count). The van der Waals surface area contributed by atoms with Crippen molar-refractivity contribution in [2.24, 2.45) is 5.92 Å². The molecule has 23 heavy (non-hydrogen) atoms. The maximum atomic E-state index is 10.7. The van der Waals surface area contributed by atoms with Gasteiger partial charge in [-0.05, 0) is 19.3 Å². The number of rotatable bonds is 16. The summed E-state index contributed by atoms with van der Waals surface area (Å²) in [7, 11) is 0. The van der Waals surface area contributed by atoms with Crippen molar-refractivity contribution < 1.29 is 19.8 Å². The van der Waals surface area contributed by atoms with Gasteiger partial charge in [0, 0.05) is 17.9 Å². The molecule has 4 heteroatoms. The molecule has 0 saturated heterocycles. The summed E-state index contributed by atoms with van der Waals surface area (Å²) in [5, 5.41) is 21.1. The van der Waals surface area contributed by atoms with Crippen molar-refractivity contribution in [2.45, 2.75) is 90.4 Å². The first-order valence-corrected chi connectivity index (χ1v) is 9.15. The number of allylic oxidation sites excluding steroid dienone is 1. The molecular formula is C19H32O4-2. The second-order valence-corrected chi connectivity index (χ2v) is 6.25. The monoisotopic (exact) mass is 324 g/mol. The van der Waals surface area contributed by atoms with Crippen LogP contribution in [0.4, 0.5) is 0 Å². The Labute approximate surface area is 141 Å². The molecular weight excluding hydrogens is 292 g/mol. The fraction of sp³-hybridized carbons (Fsp3) is 0.789. The Morgan fingerprint density at radius 3 is 1.74 bits per heavy atom. The molecule has 1 unspecified atom stereocenters. The molecule has 0 aliphatic heterocycles. The molecule has 0 radical (unpaired) electrons. The molecule has 0 saturated carbocycles. The summed E-state index contributed by atoms with van der Waals surface area (Å²) in [5.41, 5.74) is 0. The average molecular weight is 324 g/mol. The number of carboxylic acids is 2. The van der Waals surface area contributed by atoms with E-state index in [0.717, 1.165) is 19.3 Å². The first-order chi connectivity index (χ1) is 11.1. The summed E-state index contributed by atoms with van der Waals surface area (Å²) in [5.74, 6) is -3.80. The van der Waals surface area contributed by atoms with Crippen LogP contribution < -0.4 is 10.2 Å². The van der Waals surface area contributed by atoms with Gasteiger partial charge in [-0.25, -0.2) is 0 Å². The highest BCUT2D eigenvalue weighted by molar-refractivity contribution is 5.77. The van der Waals surface area contributed by atoms with Gasteiger partial charge in [-0.1, -0.05) is 83.3 Å². The SMILES string of the molecule is CCCCCCCCCCCCC/C=C/C(CC(=O)[O-])C(=O)[O-]. The van der Waals surface area contributed by atoms with Crippen molar-refractivity contribution in [3.63, 3.8) is 0 Å². The molecule has 1 atom stereocenters. The lowest BCUT2D eigenvalue weighted by Gasteiger charge is -2.14. The normalized spacial score (nSPS) is 12.6. The van der Waals surface area contributed by atoms with Crippen LogP contribution in [0.15, 0.2) is 12.2 Å². The number of unbranched alkanes of at least 4 members (excludes halogenated alkanes) is 11. The molecule has 0 spiro atoms. The zero-order chi connectivity index (χ0) is 17.3. The minimum Gasteiger partial charge on any atom is -0.550 e. The summed E-state index contributed by atoms with van der Waals surface area (Å²) >= 11 is 0. The molecule has 0 amide bonds. The first-order valence-electron chi connectivity index (χ1n) is 9.15. The van der Waals surface area contributed by atoms with Gasteiger partial charge in [0.1, 0.15) is 0 Å². The Morgan fingerprint density at radius 2 is 1.30 bits per heavy atom. The highest BCUT2D eigenvalue weighted by atomic mass is 16.4. The van der Waals surface area contributed by atoms with Gasteiger partial charge in [-0.3, -0.25) is 0 Å². The van der Waals surface area contributed by atoms with Gasteiger partial charge in [-0.15, -0.1) is 0 Å². The molecule has 0 aromatic heterocycles. The van der Waals surface area contributed by atoms with Crippen LogP contribution in [-0.2, 0) is 9.59 Å². The minimum atomic E-state index is -1.36. The fourth-order valence-electron chi connectivity index (χ4n) is 2.60. The van der Waals surface area contributed by atoms with Crippen molar-refractivity contribution in [3.05, 3.63) is 12.2 Å². The topological polar surface area (TPSA) is 80.3 Å².